The lowest BCUT2D eigenvalue weighted by Crippen LogP contribution is -2.24. The van der Waals surface area contributed by atoms with Crippen molar-refractivity contribution in [1.82, 2.24) is 19.3 Å². The van der Waals surface area contributed by atoms with Crippen molar-refractivity contribution in [2.24, 2.45) is 7.05 Å². The molecule has 5 rings (SSSR count). The Morgan fingerprint density at radius 2 is 2.00 bits per heavy atom. The normalized spacial score (nSPS) is 12.6. The summed E-state index contributed by atoms with van der Waals surface area (Å²) >= 11 is 0. The van der Waals surface area contributed by atoms with E-state index in [1.807, 2.05) is 31.2 Å². The zero-order valence-corrected chi connectivity index (χ0v) is 15.9. The van der Waals surface area contributed by atoms with Gasteiger partial charge in [0, 0.05) is 19.8 Å². The van der Waals surface area contributed by atoms with Gasteiger partial charge in [-0.1, -0.05) is 12.1 Å². The number of nitrogens with one attached hydrogen (secondary N) is 1. The van der Waals surface area contributed by atoms with Crippen molar-refractivity contribution in [1.29, 1.82) is 0 Å². The lowest BCUT2D eigenvalue weighted by molar-refractivity contribution is 0.0943. The average molecular weight is 390 g/mol. The summed E-state index contributed by atoms with van der Waals surface area (Å²) in [5.41, 5.74) is 3.05. The number of aromatic nitrogens is 3. The summed E-state index contributed by atoms with van der Waals surface area (Å²) < 4.78 is 13.8. The number of hydrogen-bond acceptors (Lipinski definition) is 5. The molecule has 0 radical (unpaired) electrons. The van der Waals surface area contributed by atoms with E-state index in [1.54, 1.807) is 29.9 Å². The van der Waals surface area contributed by atoms with Crippen LogP contribution in [-0.2, 0) is 13.6 Å². The zero-order valence-electron chi connectivity index (χ0n) is 15.9. The van der Waals surface area contributed by atoms with Gasteiger partial charge in [-0.05, 0) is 42.3 Å². The van der Waals surface area contributed by atoms with Gasteiger partial charge in [0.05, 0.1) is 5.39 Å². The summed E-state index contributed by atoms with van der Waals surface area (Å²) in [6, 6.07) is 10.8. The number of hydrogen-bond donors (Lipinski definition) is 1. The highest BCUT2D eigenvalue weighted by molar-refractivity contribution is 5.98. The molecule has 146 valence electrons. The van der Waals surface area contributed by atoms with Crippen molar-refractivity contribution < 1.29 is 14.3 Å². The summed E-state index contributed by atoms with van der Waals surface area (Å²) in [6.45, 7) is 2.44. The van der Waals surface area contributed by atoms with Crippen LogP contribution in [0.4, 0.5) is 0 Å². The quantitative estimate of drug-likeness (QED) is 0.579. The number of fused-ring (bicyclic) bond motifs is 3. The molecule has 0 aliphatic carbocycles. The molecule has 0 saturated carbocycles. The van der Waals surface area contributed by atoms with Crippen LogP contribution in [0.1, 0.15) is 21.6 Å². The highest BCUT2D eigenvalue weighted by atomic mass is 16.7. The summed E-state index contributed by atoms with van der Waals surface area (Å²) in [4.78, 5) is 30.2. The molecule has 3 aromatic heterocycles. The Labute approximate surface area is 165 Å². The van der Waals surface area contributed by atoms with E-state index in [0.717, 1.165) is 11.1 Å². The van der Waals surface area contributed by atoms with E-state index in [-0.39, 0.29) is 18.3 Å². The standard InChI is InChI=1S/C21H18N4O4/c1-12-3-6-18-23-19-14(21(27)25(18)10-12)8-15(24(19)2)20(26)22-9-13-4-5-16-17(7-13)29-11-28-16/h3-8,10H,9,11H2,1-2H3,(H,22,26). The third-order valence-corrected chi connectivity index (χ3v) is 5.07. The molecule has 0 saturated heterocycles. The Bertz CT molecular complexity index is 1350. The van der Waals surface area contributed by atoms with E-state index < -0.39 is 0 Å². The molecular weight excluding hydrogens is 372 g/mol. The fraction of sp³-hybridized carbons (Fsp3) is 0.190. The first-order chi connectivity index (χ1) is 14.0. The minimum Gasteiger partial charge on any atom is -0.454 e. The minimum atomic E-state index is -0.284. The van der Waals surface area contributed by atoms with Crippen molar-refractivity contribution in [2.75, 3.05) is 6.79 Å². The number of nitrogens with zero attached hydrogens (tertiary/aromatic N) is 3. The van der Waals surface area contributed by atoms with Crippen LogP contribution < -0.4 is 20.3 Å². The van der Waals surface area contributed by atoms with Gasteiger partial charge in [0.2, 0.25) is 6.79 Å². The lowest BCUT2D eigenvalue weighted by atomic mass is 10.2. The molecule has 4 aromatic rings. The zero-order chi connectivity index (χ0) is 20.1. The van der Waals surface area contributed by atoms with Crippen LogP contribution in [0.15, 0.2) is 47.4 Å². The van der Waals surface area contributed by atoms with Gasteiger partial charge in [-0.25, -0.2) is 4.98 Å². The van der Waals surface area contributed by atoms with Gasteiger partial charge in [-0.3, -0.25) is 14.0 Å². The summed E-state index contributed by atoms with van der Waals surface area (Å²) in [5, 5.41) is 3.29. The van der Waals surface area contributed by atoms with E-state index in [9.17, 15) is 9.59 Å². The number of aryl methyl sites for hydroxylation is 2. The first-order valence-corrected chi connectivity index (χ1v) is 9.16. The Morgan fingerprint density at radius 3 is 2.86 bits per heavy atom. The molecule has 29 heavy (non-hydrogen) atoms. The van der Waals surface area contributed by atoms with E-state index in [4.69, 9.17) is 9.47 Å². The number of ether oxygens (including phenoxy) is 2. The molecule has 0 spiro atoms. The van der Waals surface area contributed by atoms with Crippen molar-refractivity contribution in [3.63, 3.8) is 0 Å². The fourth-order valence-corrected chi connectivity index (χ4v) is 3.52. The summed E-state index contributed by atoms with van der Waals surface area (Å²) in [6.07, 6.45) is 1.75. The number of carbonyl (C=O) groups excluding carboxylic acids is 1. The van der Waals surface area contributed by atoms with Crippen molar-refractivity contribution in [3.8, 4) is 11.5 Å². The van der Waals surface area contributed by atoms with E-state index >= 15 is 0 Å². The van der Waals surface area contributed by atoms with Gasteiger partial charge in [-0.2, -0.15) is 0 Å². The van der Waals surface area contributed by atoms with Crippen molar-refractivity contribution in [2.45, 2.75) is 13.5 Å². The van der Waals surface area contributed by atoms with Crippen LogP contribution in [-0.4, -0.2) is 26.7 Å². The first kappa shape index (κ1) is 17.3. The number of benzene rings is 1. The topological polar surface area (TPSA) is 86.9 Å². The second-order valence-electron chi connectivity index (χ2n) is 7.05. The van der Waals surface area contributed by atoms with E-state index in [0.29, 0.717) is 40.4 Å². The first-order valence-electron chi connectivity index (χ1n) is 9.16. The van der Waals surface area contributed by atoms with E-state index in [1.165, 1.54) is 4.40 Å². The monoisotopic (exact) mass is 390 g/mol. The third kappa shape index (κ3) is 2.80. The smallest absolute Gasteiger partial charge is 0.268 e. The number of pyridine rings is 1. The molecule has 0 bridgehead atoms. The average Bonchev–Trinajstić information content (AvgIpc) is 3.31. The second kappa shape index (κ2) is 6.37. The van der Waals surface area contributed by atoms with Gasteiger partial charge in [0.25, 0.3) is 11.5 Å². The fourth-order valence-electron chi connectivity index (χ4n) is 3.52. The molecule has 1 N–H and O–H groups in total. The van der Waals surface area contributed by atoms with Crippen molar-refractivity contribution >= 4 is 22.6 Å². The van der Waals surface area contributed by atoms with Gasteiger partial charge >= 0.3 is 0 Å². The van der Waals surface area contributed by atoms with Crippen LogP contribution in [0.3, 0.4) is 0 Å². The third-order valence-electron chi connectivity index (χ3n) is 5.07. The Morgan fingerprint density at radius 1 is 1.17 bits per heavy atom. The molecule has 0 unspecified atom stereocenters. The molecule has 1 aromatic carbocycles. The molecule has 1 aliphatic heterocycles. The maximum atomic E-state index is 12.9. The molecule has 8 nitrogen and oxygen atoms in total. The molecule has 1 amide bonds. The summed E-state index contributed by atoms with van der Waals surface area (Å²) in [7, 11) is 1.73. The van der Waals surface area contributed by atoms with Gasteiger partial charge in [-0.15, -0.1) is 0 Å². The highest BCUT2D eigenvalue weighted by Crippen LogP contribution is 2.32. The Kier molecular flexibility index (Phi) is 3.80. The highest BCUT2D eigenvalue weighted by Gasteiger charge is 2.18. The van der Waals surface area contributed by atoms with Gasteiger partial charge in [0.15, 0.2) is 11.5 Å². The van der Waals surface area contributed by atoms with Crippen LogP contribution in [0, 0.1) is 6.92 Å². The Hall–Kier alpha value is -3.81. The van der Waals surface area contributed by atoms with Crippen molar-refractivity contribution in [3.05, 3.63) is 69.8 Å². The maximum Gasteiger partial charge on any atom is 0.268 e. The van der Waals surface area contributed by atoms with E-state index in [2.05, 4.69) is 10.3 Å². The molecule has 0 atom stereocenters. The van der Waals surface area contributed by atoms with Crippen LogP contribution in [0.25, 0.3) is 16.7 Å². The largest absolute Gasteiger partial charge is 0.454 e. The minimum absolute atomic E-state index is 0.195. The van der Waals surface area contributed by atoms with Crippen LogP contribution in [0.2, 0.25) is 0 Å². The summed E-state index contributed by atoms with van der Waals surface area (Å²) in [5.74, 6) is 1.08. The van der Waals surface area contributed by atoms with Crippen LogP contribution >= 0.6 is 0 Å². The molecular formula is C21H18N4O4. The Balaban J connectivity index is 1.47. The van der Waals surface area contributed by atoms with Gasteiger partial charge in [0.1, 0.15) is 17.0 Å². The SMILES string of the molecule is Cc1ccc2nc3c(cc(C(=O)NCc4ccc5c(c4)OCO5)n3C)c(=O)n2c1. The lowest BCUT2D eigenvalue weighted by Gasteiger charge is -2.07. The molecule has 4 heterocycles. The predicted octanol–water partition coefficient (Wildman–Crippen LogP) is 2.15. The predicted molar refractivity (Wildman–Crippen MR) is 106 cm³/mol. The molecule has 8 heteroatoms. The number of rotatable bonds is 3. The molecule has 0 fully saturated rings. The maximum absolute atomic E-state index is 12.9. The van der Waals surface area contributed by atoms with Crippen LogP contribution in [0.5, 0.6) is 11.5 Å². The van der Waals surface area contributed by atoms with Gasteiger partial charge < -0.3 is 19.4 Å². The number of carbonyl (C=O) groups is 1. The molecule has 1 aliphatic rings. The second-order valence-corrected chi connectivity index (χ2v) is 7.05. The number of amides is 1.